The summed E-state index contributed by atoms with van der Waals surface area (Å²) in [5.41, 5.74) is 6.45. The number of aromatic hydroxyl groups is 1. The zero-order valence-electron chi connectivity index (χ0n) is 56.4. The number of carboxylic acids is 4. The standard InChI is InChI=1S/C66H78N14O26/c1-3-8-44-54(106-44)65(103)77-43(27-81)61(99)79-50-28(2)105-66(104)42(20-31-25-69-36-12-7-5-10-34(31)36)76-57(95)37(17-18-46(84)85)71-64(102)52(53(92)55(67)93)78-45(83)26-70-56(94)39(21-47(86)87)75-63(101)51(29-13-15-32(82)16-14-29)80-60(98)41(23-49(90)91)73-59(97)40(22-48(88)89)72-58(96)38(74-62(50)100)19-30-24-68-35-11-6-4-9-33(30)35/h4-7,9-16,24-25,28,37-44,50-54,68-69,81-82,92H,3,8,17-23,26-27H2,1-2H3,(H2,67,93)(H,70,94)(H,71,102)(H,72,96)(H,73,97)(H,74,100)(H,75,101)(H,76,95)(H,77,103)(H,78,83)(H,79,99)(H,80,98)(H,84,85)(H,86,87)(H,88,89)(H,90,91)/t28?,37?,38-,39+,40+,41+,42+,43+,44?,50?,51-,52-,53?,54?/m1/s1. The van der Waals surface area contributed by atoms with E-state index in [1.54, 1.807) is 48.5 Å². The van der Waals surface area contributed by atoms with E-state index in [9.17, 15) is 103 Å². The Morgan fingerprint density at radius 1 is 0.575 bits per heavy atom. The first-order valence-corrected chi connectivity index (χ1v) is 32.8. The van der Waals surface area contributed by atoms with Crippen LogP contribution in [0.1, 0.15) is 81.5 Å². The highest BCUT2D eigenvalue weighted by Gasteiger charge is 2.46. The minimum Gasteiger partial charge on any atom is -0.508 e. The van der Waals surface area contributed by atoms with Crippen molar-refractivity contribution in [3.63, 3.8) is 0 Å². The zero-order chi connectivity index (χ0) is 77.8. The number of aliphatic carboxylic acids is 4. The second-order valence-corrected chi connectivity index (χ2v) is 24.6. The van der Waals surface area contributed by atoms with Gasteiger partial charge in [0.05, 0.1) is 38.5 Å². The number of phenolic OH excluding ortho intramolecular Hbond substituents is 1. The number of carboxylic acid groups (broad SMARTS) is 4. The van der Waals surface area contributed by atoms with Gasteiger partial charge < -0.3 is 119 Å². The minimum absolute atomic E-state index is 0.230. The lowest BCUT2D eigenvalue weighted by molar-refractivity contribution is -0.156. The average Bonchev–Trinajstić information content (AvgIpc) is 1.67. The Labute approximate surface area is 598 Å². The molecule has 568 valence electrons. The van der Waals surface area contributed by atoms with E-state index in [0.717, 1.165) is 31.2 Å². The number of nitrogens with two attached hydrogens (primary N) is 1. The van der Waals surface area contributed by atoms with Gasteiger partial charge in [-0.3, -0.25) is 76.7 Å². The molecular weight excluding hydrogens is 1400 g/mol. The summed E-state index contributed by atoms with van der Waals surface area (Å²) in [5, 5.41) is 96.1. The number of aliphatic hydroxyl groups is 2. The van der Waals surface area contributed by atoms with E-state index >= 15 is 14.4 Å². The summed E-state index contributed by atoms with van der Waals surface area (Å²) >= 11 is 0. The molecule has 2 aliphatic rings. The van der Waals surface area contributed by atoms with Gasteiger partial charge in [-0.05, 0) is 60.7 Å². The Balaban J connectivity index is 1.37. The molecule has 0 bridgehead atoms. The molecule has 22 N–H and O–H groups in total. The number of H-pyrrole nitrogens is 2. The Hall–Kier alpha value is -12.6. The number of rotatable bonds is 23. The van der Waals surface area contributed by atoms with E-state index in [1.807, 2.05) is 28.2 Å². The van der Waals surface area contributed by atoms with E-state index in [2.05, 4.69) is 47.2 Å². The van der Waals surface area contributed by atoms with Crippen LogP contribution in [0.5, 0.6) is 5.75 Å². The van der Waals surface area contributed by atoms with Crippen LogP contribution in [0.25, 0.3) is 21.8 Å². The van der Waals surface area contributed by atoms with Gasteiger partial charge in [-0.15, -0.1) is 0 Å². The van der Waals surface area contributed by atoms with Crippen molar-refractivity contribution in [2.45, 2.75) is 156 Å². The number of epoxide rings is 1. The summed E-state index contributed by atoms with van der Waals surface area (Å²) in [6.07, 6.45) is -9.68. The van der Waals surface area contributed by atoms with Gasteiger partial charge in [-0.1, -0.05) is 61.9 Å². The number of carbonyl (C=O) groups is 17. The second kappa shape index (κ2) is 37.0. The molecule has 0 radical (unpaired) electrons. The van der Waals surface area contributed by atoms with E-state index in [-0.39, 0.29) is 16.7 Å². The smallest absolute Gasteiger partial charge is 0.329 e. The molecular formula is C66H78N14O26. The molecule has 2 saturated heterocycles. The number of phenols is 1. The van der Waals surface area contributed by atoms with Crippen LogP contribution in [0.15, 0.2) is 85.2 Å². The Bertz CT molecular complexity index is 4180. The lowest BCUT2D eigenvalue weighted by Gasteiger charge is -2.30. The molecule has 40 nitrogen and oxygen atoms in total. The Kier molecular flexibility index (Phi) is 28.2. The van der Waals surface area contributed by atoms with Gasteiger partial charge in [-0.2, -0.15) is 0 Å². The molecule has 14 atom stereocenters. The van der Waals surface area contributed by atoms with E-state index in [1.165, 1.54) is 12.4 Å². The Morgan fingerprint density at radius 2 is 1.07 bits per heavy atom. The van der Waals surface area contributed by atoms with Crippen molar-refractivity contribution in [2.75, 3.05) is 13.2 Å². The summed E-state index contributed by atoms with van der Waals surface area (Å²) in [6, 6.07) is -5.19. The molecule has 5 aromatic rings. The number of carbonyl (C=O) groups excluding carboxylic acids is 13. The van der Waals surface area contributed by atoms with Crippen LogP contribution in [0.2, 0.25) is 0 Å². The number of cyclic esters (lactones) is 1. The van der Waals surface area contributed by atoms with Gasteiger partial charge in [0.15, 0.2) is 12.2 Å². The number of para-hydroxylation sites is 2. The number of esters is 1. The number of aliphatic hydroxyl groups excluding tert-OH is 2. The van der Waals surface area contributed by atoms with Gasteiger partial charge in [0.25, 0.3) is 5.91 Å². The van der Waals surface area contributed by atoms with Crippen LogP contribution in [0.3, 0.4) is 0 Å². The molecule has 7 rings (SSSR count). The molecule has 2 fully saturated rings. The summed E-state index contributed by atoms with van der Waals surface area (Å²) in [5.74, 6) is -26.6. The molecule has 40 heteroatoms. The lowest BCUT2D eigenvalue weighted by atomic mass is 10.0. The fourth-order valence-corrected chi connectivity index (χ4v) is 11.2. The number of amides is 12. The normalized spacial score (nSPS) is 24.2. The maximum atomic E-state index is 15.3. The zero-order valence-corrected chi connectivity index (χ0v) is 56.4. The summed E-state index contributed by atoms with van der Waals surface area (Å²) in [4.78, 5) is 241. The SMILES string of the molecule is CCCC1OC1C(=O)N[C@@H](CO)C(=O)NC1C(=O)N[C@H](Cc2c[nH]c3ccccc23)C(=O)N[C@@H](CC(=O)O)C(=O)N[C@@H](CC(=O)O)C(=O)N[C@H](c2ccc(O)cc2)C(=O)N[C@@H](CC(=O)O)C(=O)NCC(=O)N[C@H](C(O)C(N)=O)C(=O)NC(CCC(=O)O)C(=O)N[C@@H](Cc2c[nH]c3ccccc23)C(=O)OC1C. The largest absolute Gasteiger partial charge is 0.508 e. The highest BCUT2D eigenvalue weighted by Crippen LogP contribution is 2.27. The molecule has 3 aromatic carbocycles. The van der Waals surface area contributed by atoms with Crippen molar-refractivity contribution < 1.29 is 127 Å². The number of hydrogen-bond donors (Lipinski definition) is 21. The van der Waals surface area contributed by atoms with E-state index < -0.39 is 249 Å². The third-order valence-electron chi connectivity index (χ3n) is 16.7. The van der Waals surface area contributed by atoms with Gasteiger partial charge >= 0.3 is 29.8 Å². The van der Waals surface area contributed by atoms with E-state index in [4.69, 9.17) is 15.2 Å². The van der Waals surface area contributed by atoms with Crippen LogP contribution < -0.4 is 64.2 Å². The highest BCUT2D eigenvalue weighted by atomic mass is 16.6. The predicted octanol–water partition coefficient (Wildman–Crippen LogP) is -5.88. The Morgan fingerprint density at radius 3 is 1.60 bits per heavy atom. The van der Waals surface area contributed by atoms with Crippen molar-refractivity contribution in [3.05, 3.63) is 102 Å². The van der Waals surface area contributed by atoms with Crippen LogP contribution in [-0.4, -0.2) is 238 Å². The first-order chi connectivity index (χ1) is 50.2. The molecule has 2 aliphatic heterocycles. The monoisotopic (exact) mass is 1480 g/mol. The summed E-state index contributed by atoms with van der Waals surface area (Å²) in [7, 11) is 0. The first kappa shape index (κ1) is 80.7. The number of nitrogens with one attached hydrogen (secondary N) is 13. The number of hydrogen-bond acceptors (Lipinski definition) is 22. The topological polar surface area (TPSA) is 643 Å². The molecule has 0 spiro atoms. The van der Waals surface area contributed by atoms with Crippen LogP contribution in [-0.2, 0) is 104 Å². The van der Waals surface area contributed by atoms with E-state index in [0.29, 0.717) is 34.6 Å². The second-order valence-electron chi connectivity index (χ2n) is 24.6. The maximum Gasteiger partial charge on any atom is 0.329 e. The predicted molar refractivity (Wildman–Crippen MR) is 358 cm³/mol. The average molecular weight is 1480 g/mol. The molecule has 4 heterocycles. The maximum absolute atomic E-state index is 15.3. The fraction of sp³-hybridized carbons (Fsp3) is 0.409. The summed E-state index contributed by atoms with van der Waals surface area (Å²) < 4.78 is 11.3. The molecule has 0 saturated carbocycles. The molecule has 106 heavy (non-hydrogen) atoms. The van der Waals surface area contributed by atoms with Crippen molar-refractivity contribution >= 4 is 123 Å². The number of primary amides is 1. The van der Waals surface area contributed by atoms with Crippen LogP contribution >= 0.6 is 0 Å². The van der Waals surface area contributed by atoms with Crippen molar-refractivity contribution in [2.24, 2.45) is 5.73 Å². The highest BCUT2D eigenvalue weighted by molar-refractivity contribution is 6.02. The number of benzene rings is 3. The fourth-order valence-electron chi connectivity index (χ4n) is 11.2. The van der Waals surface area contributed by atoms with Crippen molar-refractivity contribution in [1.29, 1.82) is 0 Å². The number of ether oxygens (including phenoxy) is 2. The van der Waals surface area contributed by atoms with Crippen molar-refractivity contribution in [3.8, 4) is 5.75 Å². The van der Waals surface area contributed by atoms with Gasteiger partial charge in [-0.25, -0.2) is 4.79 Å². The number of aromatic nitrogens is 2. The van der Waals surface area contributed by atoms with Gasteiger partial charge in [0.2, 0.25) is 65.0 Å². The summed E-state index contributed by atoms with van der Waals surface area (Å²) in [6.45, 7) is 0.341. The third-order valence-corrected chi connectivity index (χ3v) is 16.7. The van der Waals surface area contributed by atoms with Crippen molar-refractivity contribution in [1.82, 2.24) is 68.5 Å². The first-order valence-electron chi connectivity index (χ1n) is 32.8. The minimum atomic E-state index is -2.72. The van der Waals surface area contributed by atoms with Gasteiger partial charge in [0.1, 0.15) is 72.3 Å². The molecule has 6 unspecified atom stereocenters. The number of fused-ring (bicyclic) bond motifs is 2. The lowest BCUT2D eigenvalue weighted by Crippen LogP contribution is -2.63. The molecule has 2 aromatic heterocycles. The van der Waals surface area contributed by atoms with Gasteiger partial charge in [0, 0.05) is 53.5 Å². The third kappa shape index (κ3) is 22.5. The quantitative estimate of drug-likeness (QED) is 0.0214. The van der Waals surface area contributed by atoms with Crippen LogP contribution in [0.4, 0.5) is 0 Å². The number of aromatic amines is 2. The molecule has 0 aliphatic carbocycles. The molecule has 12 amide bonds. The van der Waals surface area contributed by atoms with Crippen LogP contribution in [0, 0.1) is 0 Å².